The van der Waals surface area contributed by atoms with E-state index in [1.807, 2.05) is 30.3 Å². The maximum Gasteiger partial charge on any atom is 0.211 e. The van der Waals surface area contributed by atoms with Gasteiger partial charge in [0.2, 0.25) is 5.69 Å². The van der Waals surface area contributed by atoms with Gasteiger partial charge in [-0.3, -0.25) is 0 Å². The molecule has 0 saturated heterocycles. The standard InChI is InChI=1S/C20H19N6/c1-15-12-25(13-21-15)17-7-9-24(10-8-17)19-4-2-3-16(11-19)20-23-22-14-26(20)18-5-6-18/h2-4,7-14,18H,5-6H2,1H3/q+1. The van der Waals surface area contributed by atoms with Crippen LogP contribution in [-0.2, 0) is 0 Å². The molecule has 4 aromatic rings. The summed E-state index contributed by atoms with van der Waals surface area (Å²) in [7, 11) is 0. The average Bonchev–Trinajstić information content (AvgIpc) is 3.24. The Balaban J connectivity index is 1.48. The fourth-order valence-electron chi connectivity index (χ4n) is 3.20. The summed E-state index contributed by atoms with van der Waals surface area (Å²) >= 11 is 0. The molecule has 128 valence electrons. The van der Waals surface area contributed by atoms with Gasteiger partial charge in [-0.25, -0.2) is 4.98 Å². The Labute approximate surface area is 151 Å². The monoisotopic (exact) mass is 343 g/mol. The van der Waals surface area contributed by atoms with Crippen molar-refractivity contribution in [1.82, 2.24) is 24.3 Å². The van der Waals surface area contributed by atoms with E-state index in [0.717, 1.165) is 28.5 Å². The fraction of sp³-hybridized carbons (Fsp3) is 0.200. The minimum atomic E-state index is 0.564. The van der Waals surface area contributed by atoms with Crippen LogP contribution in [0.5, 0.6) is 0 Å². The van der Waals surface area contributed by atoms with E-state index in [0.29, 0.717) is 6.04 Å². The van der Waals surface area contributed by atoms with Crippen LogP contribution >= 0.6 is 0 Å². The minimum absolute atomic E-state index is 0.564. The number of rotatable bonds is 4. The second kappa shape index (κ2) is 5.91. The van der Waals surface area contributed by atoms with Crippen molar-refractivity contribution in [3.05, 3.63) is 73.3 Å². The SMILES string of the molecule is Cc1cn(-c2cc[n+](-c3cccc(-c4nncn4C4CC4)c3)cc2)cn1. The number of hydrogen-bond donors (Lipinski definition) is 0. The molecule has 0 radical (unpaired) electrons. The van der Waals surface area contributed by atoms with Crippen LogP contribution < -0.4 is 4.57 Å². The van der Waals surface area contributed by atoms with Gasteiger partial charge in [0.05, 0.1) is 17.7 Å². The van der Waals surface area contributed by atoms with Gasteiger partial charge < -0.3 is 9.13 Å². The van der Waals surface area contributed by atoms with Gasteiger partial charge in [0.1, 0.15) is 6.33 Å². The summed E-state index contributed by atoms with van der Waals surface area (Å²) < 4.78 is 6.32. The largest absolute Gasteiger partial charge is 0.310 e. The first-order valence-electron chi connectivity index (χ1n) is 8.80. The number of aryl methyl sites for hydroxylation is 1. The number of nitrogens with zero attached hydrogens (tertiary/aromatic N) is 6. The van der Waals surface area contributed by atoms with Crippen LogP contribution in [0.1, 0.15) is 24.6 Å². The minimum Gasteiger partial charge on any atom is -0.310 e. The molecule has 1 aromatic carbocycles. The Morgan fingerprint density at radius 3 is 2.65 bits per heavy atom. The van der Waals surface area contributed by atoms with E-state index >= 15 is 0 Å². The van der Waals surface area contributed by atoms with E-state index in [4.69, 9.17) is 0 Å². The van der Waals surface area contributed by atoms with Crippen molar-refractivity contribution in [2.45, 2.75) is 25.8 Å². The first-order valence-corrected chi connectivity index (χ1v) is 8.80. The third-order valence-corrected chi connectivity index (χ3v) is 4.74. The maximum atomic E-state index is 4.33. The Morgan fingerprint density at radius 2 is 1.92 bits per heavy atom. The summed E-state index contributed by atoms with van der Waals surface area (Å²) in [6.07, 6.45) is 12.3. The van der Waals surface area contributed by atoms with Crippen LogP contribution in [0.4, 0.5) is 0 Å². The molecule has 0 aliphatic heterocycles. The Bertz CT molecular complexity index is 1060. The lowest BCUT2D eigenvalue weighted by molar-refractivity contribution is -0.595. The van der Waals surface area contributed by atoms with Crippen LogP contribution in [0.15, 0.2) is 67.6 Å². The quantitative estimate of drug-likeness (QED) is 0.535. The summed E-state index contributed by atoms with van der Waals surface area (Å²) in [5.41, 5.74) is 4.29. The smallest absolute Gasteiger partial charge is 0.211 e. The van der Waals surface area contributed by atoms with Crippen LogP contribution in [-0.4, -0.2) is 24.3 Å². The van der Waals surface area contributed by atoms with Crippen molar-refractivity contribution in [3.63, 3.8) is 0 Å². The summed E-state index contributed by atoms with van der Waals surface area (Å²) in [6.45, 7) is 1.99. The van der Waals surface area contributed by atoms with E-state index < -0.39 is 0 Å². The molecule has 0 N–H and O–H groups in total. The summed E-state index contributed by atoms with van der Waals surface area (Å²) in [5, 5.41) is 8.44. The Morgan fingerprint density at radius 1 is 1.08 bits per heavy atom. The lowest BCUT2D eigenvalue weighted by Gasteiger charge is -2.05. The van der Waals surface area contributed by atoms with Crippen molar-refractivity contribution < 1.29 is 4.57 Å². The van der Waals surface area contributed by atoms with Gasteiger partial charge in [-0.2, -0.15) is 4.57 Å². The molecule has 1 saturated carbocycles. The highest BCUT2D eigenvalue weighted by atomic mass is 15.3. The molecule has 0 atom stereocenters. The van der Waals surface area contributed by atoms with Crippen molar-refractivity contribution in [2.24, 2.45) is 0 Å². The Kier molecular flexibility index (Phi) is 3.41. The molecule has 5 rings (SSSR count). The topological polar surface area (TPSA) is 52.4 Å². The molecule has 1 fully saturated rings. The lowest BCUT2D eigenvalue weighted by atomic mass is 10.2. The van der Waals surface area contributed by atoms with Gasteiger partial charge in [0.25, 0.3) is 0 Å². The van der Waals surface area contributed by atoms with Crippen LogP contribution in [0.25, 0.3) is 22.8 Å². The summed E-state index contributed by atoms with van der Waals surface area (Å²) in [4.78, 5) is 4.28. The van der Waals surface area contributed by atoms with Gasteiger partial charge in [0, 0.05) is 42.1 Å². The van der Waals surface area contributed by atoms with E-state index in [2.05, 4.69) is 73.1 Å². The molecular formula is C20H19N6+. The first-order chi connectivity index (χ1) is 12.8. The van der Waals surface area contributed by atoms with Crippen LogP contribution in [0, 0.1) is 6.92 Å². The van der Waals surface area contributed by atoms with E-state index in [9.17, 15) is 0 Å². The molecule has 1 aliphatic rings. The fourth-order valence-corrected chi connectivity index (χ4v) is 3.20. The van der Waals surface area contributed by atoms with E-state index in [1.54, 1.807) is 0 Å². The average molecular weight is 343 g/mol. The normalized spacial score (nSPS) is 13.9. The maximum absolute atomic E-state index is 4.33. The van der Waals surface area contributed by atoms with Crippen molar-refractivity contribution in [3.8, 4) is 22.8 Å². The number of imidazole rings is 1. The summed E-state index contributed by atoms with van der Waals surface area (Å²) in [5.74, 6) is 0.945. The number of benzene rings is 1. The van der Waals surface area contributed by atoms with E-state index in [-0.39, 0.29) is 0 Å². The van der Waals surface area contributed by atoms with Gasteiger partial charge >= 0.3 is 0 Å². The van der Waals surface area contributed by atoms with Crippen molar-refractivity contribution in [1.29, 1.82) is 0 Å². The second-order valence-electron chi connectivity index (χ2n) is 6.73. The van der Waals surface area contributed by atoms with Crippen molar-refractivity contribution >= 4 is 0 Å². The predicted octanol–water partition coefficient (Wildman–Crippen LogP) is 3.05. The number of pyridine rings is 1. The third-order valence-electron chi connectivity index (χ3n) is 4.74. The molecule has 3 heterocycles. The highest BCUT2D eigenvalue weighted by molar-refractivity contribution is 5.58. The number of hydrogen-bond acceptors (Lipinski definition) is 3. The van der Waals surface area contributed by atoms with Crippen LogP contribution in [0.2, 0.25) is 0 Å². The molecule has 6 heteroatoms. The van der Waals surface area contributed by atoms with Gasteiger partial charge in [-0.1, -0.05) is 12.1 Å². The molecule has 0 amide bonds. The summed E-state index contributed by atoms with van der Waals surface area (Å²) in [6, 6.07) is 13.1. The number of aromatic nitrogens is 6. The Hall–Kier alpha value is -3.28. The van der Waals surface area contributed by atoms with Gasteiger partial charge in [-0.05, 0) is 19.8 Å². The molecule has 0 unspecified atom stereocenters. The zero-order valence-corrected chi connectivity index (χ0v) is 14.5. The molecule has 0 spiro atoms. The molecule has 0 bridgehead atoms. The molecule has 1 aliphatic carbocycles. The van der Waals surface area contributed by atoms with Crippen molar-refractivity contribution in [2.75, 3.05) is 0 Å². The van der Waals surface area contributed by atoms with E-state index in [1.165, 1.54) is 12.8 Å². The van der Waals surface area contributed by atoms with Crippen LogP contribution in [0.3, 0.4) is 0 Å². The molecule has 6 nitrogen and oxygen atoms in total. The highest BCUT2D eigenvalue weighted by Gasteiger charge is 2.26. The highest BCUT2D eigenvalue weighted by Crippen LogP contribution is 2.37. The first kappa shape index (κ1) is 15.0. The third kappa shape index (κ3) is 2.69. The molecule has 3 aromatic heterocycles. The second-order valence-corrected chi connectivity index (χ2v) is 6.73. The molecular weight excluding hydrogens is 324 g/mol. The van der Waals surface area contributed by atoms with Gasteiger partial charge in [-0.15, -0.1) is 10.2 Å². The zero-order chi connectivity index (χ0) is 17.5. The predicted molar refractivity (Wildman–Crippen MR) is 97.1 cm³/mol. The van der Waals surface area contributed by atoms with Gasteiger partial charge in [0.15, 0.2) is 18.2 Å². The zero-order valence-electron chi connectivity index (χ0n) is 14.5. The lowest BCUT2D eigenvalue weighted by Crippen LogP contribution is -2.29. The molecule has 26 heavy (non-hydrogen) atoms.